The summed E-state index contributed by atoms with van der Waals surface area (Å²) in [7, 11) is 0. The Morgan fingerprint density at radius 1 is 1.46 bits per heavy atom. The fourth-order valence-electron chi connectivity index (χ4n) is 2.43. The number of H-pyrrole nitrogens is 1. The van der Waals surface area contributed by atoms with Gasteiger partial charge in [-0.15, -0.1) is 11.3 Å². The number of thiazole rings is 1. The van der Waals surface area contributed by atoms with Crippen molar-refractivity contribution in [3.8, 4) is 0 Å². The summed E-state index contributed by atoms with van der Waals surface area (Å²) >= 11 is 7.30. The third kappa shape index (κ3) is 3.52. The van der Waals surface area contributed by atoms with Crippen LogP contribution in [0.15, 0.2) is 23.7 Å². The molecule has 126 valence electrons. The molecule has 0 aliphatic rings. The second-order valence-electron chi connectivity index (χ2n) is 5.20. The van der Waals surface area contributed by atoms with Gasteiger partial charge in [-0.1, -0.05) is 11.6 Å². The van der Waals surface area contributed by atoms with Gasteiger partial charge in [0.1, 0.15) is 11.5 Å². The van der Waals surface area contributed by atoms with E-state index in [1.165, 1.54) is 17.4 Å². The Kier molecular flexibility index (Phi) is 5.01. The maximum atomic E-state index is 13.8. The number of nitrogens with zero attached hydrogens (tertiary/aromatic N) is 1. The second-order valence-corrected chi connectivity index (χ2v) is 6.49. The van der Waals surface area contributed by atoms with Gasteiger partial charge in [-0.3, -0.25) is 4.79 Å². The van der Waals surface area contributed by atoms with Gasteiger partial charge in [0.15, 0.2) is 5.13 Å². The van der Waals surface area contributed by atoms with E-state index in [4.69, 9.17) is 11.6 Å². The van der Waals surface area contributed by atoms with Gasteiger partial charge in [-0.25, -0.2) is 9.37 Å². The fourth-order valence-corrected chi connectivity index (χ4v) is 3.40. The minimum atomic E-state index is -0.383. The molecule has 0 radical (unpaired) electrons. The van der Waals surface area contributed by atoms with E-state index in [1.807, 2.05) is 6.92 Å². The Bertz CT molecular complexity index is 876. The highest BCUT2D eigenvalue weighted by molar-refractivity contribution is 7.13. The molecule has 2 aromatic heterocycles. The van der Waals surface area contributed by atoms with E-state index in [9.17, 15) is 9.18 Å². The number of amides is 1. The van der Waals surface area contributed by atoms with Crippen molar-refractivity contribution in [2.45, 2.75) is 13.3 Å². The minimum Gasteiger partial charge on any atom is -0.362 e. The summed E-state index contributed by atoms with van der Waals surface area (Å²) in [6.45, 7) is 3.15. The molecule has 1 aromatic carbocycles. The molecule has 0 fully saturated rings. The van der Waals surface area contributed by atoms with Crippen LogP contribution in [-0.2, 0) is 6.42 Å². The average molecular weight is 367 g/mol. The van der Waals surface area contributed by atoms with Crippen LogP contribution < -0.4 is 10.6 Å². The van der Waals surface area contributed by atoms with Crippen molar-refractivity contribution in [2.24, 2.45) is 0 Å². The van der Waals surface area contributed by atoms with Crippen molar-refractivity contribution in [1.29, 1.82) is 0 Å². The van der Waals surface area contributed by atoms with Crippen LogP contribution in [0.3, 0.4) is 0 Å². The van der Waals surface area contributed by atoms with Crippen molar-refractivity contribution < 1.29 is 9.18 Å². The first-order valence-corrected chi connectivity index (χ1v) is 8.77. The molecule has 24 heavy (non-hydrogen) atoms. The maximum Gasteiger partial charge on any atom is 0.270 e. The van der Waals surface area contributed by atoms with Crippen molar-refractivity contribution in [2.75, 3.05) is 18.4 Å². The zero-order valence-electron chi connectivity index (χ0n) is 13.0. The minimum absolute atomic E-state index is 0.223. The van der Waals surface area contributed by atoms with E-state index in [1.54, 1.807) is 17.6 Å². The lowest BCUT2D eigenvalue weighted by Gasteiger charge is -2.03. The van der Waals surface area contributed by atoms with Crippen LogP contribution in [0.4, 0.5) is 9.52 Å². The largest absolute Gasteiger partial charge is 0.362 e. The van der Waals surface area contributed by atoms with Crippen LogP contribution in [0.2, 0.25) is 5.02 Å². The molecule has 3 aromatic rings. The highest BCUT2D eigenvalue weighted by atomic mass is 35.5. The molecule has 0 saturated carbocycles. The van der Waals surface area contributed by atoms with E-state index in [0.717, 1.165) is 22.6 Å². The van der Waals surface area contributed by atoms with Crippen LogP contribution in [0.25, 0.3) is 10.9 Å². The quantitative estimate of drug-likeness (QED) is 0.621. The lowest BCUT2D eigenvalue weighted by molar-refractivity contribution is 0.0950. The molecule has 8 heteroatoms. The maximum absolute atomic E-state index is 13.8. The first kappa shape index (κ1) is 16.7. The fraction of sp³-hybridized carbons (Fsp3) is 0.250. The summed E-state index contributed by atoms with van der Waals surface area (Å²) in [4.78, 5) is 19.2. The molecule has 0 saturated heterocycles. The number of hydrogen-bond donors (Lipinski definition) is 3. The van der Waals surface area contributed by atoms with E-state index < -0.39 is 0 Å². The van der Waals surface area contributed by atoms with E-state index in [0.29, 0.717) is 29.2 Å². The Balaban J connectivity index is 1.63. The number of aromatic nitrogens is 2. The van der Waals surface area contributed by atoms with Gasteiger partial charge >= 0.3 is 0 Å². The molecule has 2 heterocycles. The molecular weight excluding hydrogens is 351 g/mol. The van der Waals surface area contributed by atoms with Gasteiger partial charge < -0.3 is 15.6 Å². The monoisotopic (exact) mass is 366 g/mol. The Hall–Kier alpha value is -2.12. The molecule has 0 aliphatic heterocycles. The second kappa shape index (κ2) is 7.19. The third-order valence-corrected chi connectivity index (χ3v) is 4.55. The van der Waals surface area contributed by atoms with Crippen LogP contribution in [0.1, 0.15) is 23.0 Å². The number of carbonyl (C=O) groups excluding carboxylic acids is 1. The van der Waals surface area contributed by atoms with Crippen molar-refractivity contribution >= 4 is 44.9 Å². The highest BCUT2D eigenvalue weighted by Gasteiger charge is 2.12. The number of nitrogens with one attached hydrogen (secondary N) is 3. The molecule has 3 N–H and O–H groups in total. The number of fused-ring (bicyclic) bond motifs is 1. The summed E-state index contributed by atoms with van der Waals surface area (Å²) in [6, 6.07) is 2.99. The van der Waals surface area contributed by atoms with Crippen LogP contribution in [-0.4, -0.2) is 29.0 Å². The van der Waals surface area contributed by atoms with Crippen LogP contribution in [0, 0.1) is 5.82 Å². The number of benzene rings is 1. The van der Waals surface area contributed by atoms with Gasteiger partial charge in [0.25, 0.3) is 5.91 Å². The smallest absolute Gasteiger partial charge is 0.270 e. The molecule has 3 rings (SSSR count). The Labute approximate surface area is 147 Å². The lowest BCUT2D eigenvalue weighted by Crippen LogP contribution is -2.25. The van der Waals surface area contributed by atoms with Crippen LogP contribution >= 0.6 is 22.9 Å². The normalized spacial score (nSPS) is 11.0. The van der Waals surface area contributed by atoms with E-state index >= 15 is 0 Å². The number of carbonyl (C=O) groups is 1. The number of hydrogen-bond acceptors (Lipinski definition) is 4. The summed E-state index contributed by atoms with van der Waals surface area (Å²) in [5, 5.41) is 9.42. The predicted molar refractivity (Wildman–Crippen MR) is 95.6 cm³/mol. The lowest BCUT2D eigenvalue weighted by atomic mass is 10.1. The SMILES string of the molecule is CCNc1nc(C(=O)NCCc2c[nH]c3c(F)cc(Cl)cc23)cs1. The highest BCUT2D eigenvalue weighted by Crippen LogP contribution is 2.25. The van der Waals surface area contributed by atoms with Gasteiger partial charge in [0, 0.05) is 35.1 Å². The zero-order valence-corrected chi connectivity index (χ0v) is 14.5. The summed E-state index contributed by atoms with van der Waals surface area (Å²) in [5.74, 6) is -0.606. The third-order valence-electron chi connectivity index (χ3n) is 3.54. The van der Waals surface area contributed by atoms with Crippen molar-refractivity contribution in [3.63, 3.8) is 0 Å². The summed E-state index contributed by atoms with van der Waals surface area (Å²) in [6.07, 6.45) is 2.30. The van der Waals surface area contributed by atoms with Gasteiger partial charge in [-0.2, -0.15) is 0 Å². The molecule has 5 nitrogen and oxygen atoms in total. The van der Waals surface area contributed by atoms with E-state index in [2.05, 4.69) is 20.6 Å². The van der Waals surface area contributed by atoms with Crippen molar-refractivity contribution in [3.05, 3.63) is 45.8 Å². The molecule has 0 unspecified atom stereocenters. The summed E-state index contributed by atoms with van der Waals surface area (Å²) in [5.41, 5.74) is 1.72. The molecule has 0 atom stereocenters. The standard InChI is InChI=1S/C16H16ClFN4OS/c1-2-19-16-22-13(8-24-16)15(23)20-4-3-9-7-21-14-11(9)5-10(17)6-12(14)18/h5-8,21H,2-4H2,1H3,(H,19,22)(H,20,23). The Morgan fingerprint density at radius 3 is 3.08 bits per heavy atom. The first-order chi connectivity index (χ1) is 11.6. The first-order valence-electron chi connectivity index (χ1n) is 7.51. The topological polar surface area (TPSA) is 69.8 Å². The van der Waals surface area contributed by atoms with Crippen LogP contribution in [0.5, 0.6) is 0 Å². The van der Waals surface area contributed by atoms with Gasteiger partial charge in [-0.05, 0) is 31.0 Å². The predicted octanol–water partition coefficient (Wildman–Crippen LogP) is 3.82. The molecule has 0 bridgehead atoms. The molecular formula is C16H16ClFN4OS. The number of anilines is 1. The Morgan fingerprint density at radius 2 is 2.29 bits per heavy atom. The van der Waals surface area contributed by atoms with E-state index in [-0.39, 0.29) is 11.7 Å². The van der Waals surface area contributed by atoms with Gasteiger partial charge in [0.05, 0.1) is 5.52 Å². The molecule has 0 spiro atoms. The number of aromatic amines is 1. The molecule has 1 amide bonds. The number of rotatable bonds is 6. The number of halogens is 2. The van der Waals surface area contributed by atoms with Crippen molar-refractivity contribution in [1.82, 2.24) is 15.3 Å². The zero-order chi connectivity index (χ0) is 17.1. The molecule has 0 aliphatic carbocycles. The summed E-state index contributed by atoms with van der Waals surface area (Å²) < 4.78 is 13.8. The van der Waals surface area contributed by atoms with Gasteiger partial charge in [0.2, 0.25) is 0 Å². The average Bonchev–Trinajstić information content (AvgIpc) is 3.15.